The Kier molecular flexibility index (Phi) is 2.78. The van der Waals surface area contributed by atoms with Crippen LogP contribution in [0.25, 0.3) is 22.6 Å². The monoisotopic (exact) mass is 272 g/mol. The van der Waals surface area contributed by atoms with Crippen LogP contribution in [-0.4, -0.2) is 21.2 Å². The molecule has 0 spiro atoms. The summed E-state index contributed by atoms with van der Waals surface area (Å²) in [6.07, 6.45) is 1.47. The highest BCUT2D eigenvalue weighted by Gasteiger charge is 2.20. The van der Waals surface area contributed by atoms with Crippen molar-refractivity contribution in [3.8, 4) is 11.5 Å². The third kappa shape index (κ3) is 1.85. The minimum absolute atomic E-state index is 0.0800. The van der Waals surface area contributed by atoms with Crippen LogP contribution in [0.2, 0.25) is 0 Å². The Morgan fingerprint density at radius 2 is 2.20 bits per heavy atom. The highest BCUT2D eigenvalue weighted by Crippen LogP contribution is 2.32. The standard InChI is InChI=1S/C14H12N2O4/c1-7-9(6-11(17)18)8(2)15-14-12(7)13(16-20-14)10-4-3-5-19-10/h3-5H,6H2,1-2H3,(H,17,18). The van der Waals surface area contributed by atoms with E-state index in [0.717, 1.165) is 5.56 Å². The molecule has 3 aromatic rings. The predicted molar refractivity (Wildman–Crippen MR) is 70.3 cm³/mol. The first kappa shape index (κ1) is 12.4. The molecule has 0 amide bonds. The molecule has 3 heterocycles. The number of carboxylic acid groups (broad SMARTS) is 1. The van der Waals surface area contributed by atoms with Gasteiger partial charge in [-0.3, -0.25) is 4.79 Å². The molecule has 6 nitrogen and oxygen atoms in total. The molecule has 20 heavy (non-hydrogen) atoms. The summed E-state index contributed by atoms with van der Waals surface area (Å²) in [5, 5.41) is 13.7. The van der Waals surface area contributed by atoms with Crippen molar-refractivity contribution in [1.82, 2.24) is 10.1 Å². The average molecular weight is 272 g/mol. The minimum atomic E-state index is -0.895. The third-order valence-corrected chi connectivity index (χ3v) is 3.29. The van der Waals surface area contributed by atoms with Crippen molar-refractivity contribution in [3.05, 3.63) is 35.2 Å². The van der Waals surface area contributed by atoms with Crippen molar-refractivity contribution in [3.63, 3.8) is 0 Å². The summed E-state index contributed by atoms with van der Waals surface area (Å²) >= 11 is 0. The predicted octanol–water partition coefficient (Wildman–Crippen LogP) is 2.73. The van der Waals surface area contributed by atoms with E-state index >= 15 is 0 Å². The molecular formula is C14H12N2O4. The summed E-state index contributed by atoms with van der Waals surface area (Å²) in [4.78, 5) is 15.3. The molecule has 0 unspecified atom stereocenters. The molecule has 0 saturated heterocycles. The van der Waals surface area contributed by atoms with Gasteiger partial charge in [0, 0.05) is 5.69 Å². The second-order valence-corrected chi connectivity index (χ2v) is 4.56. The van der Waals surface area contributed by atoms with Crippen molar-refractivity contribution >= 4 is 17.1 Å². The molecule has 0 bridgehead atoms. The second kappa shape index (κ2) is 4.48. The van der Waals surface area contributed by atoms with Gasteiger partial charge in [-0.1, -0.05) is 5.16 Å². The topological polar surface area (TPSA) is 89.4 Å². The van der Waals surface area contributed by atoms with Crippen molar-refractivity contribution in [2.75, 3.05) is 0 Å². The highest BCUT2D eigenvalue weighted by atomic mass is 16.5. The van der Waals surface area contributed by atoms with Crippen molar-refractivity contribution in [2.24, 2.45) is 0 Å². The maximum atomic E-state index is 11.0. The normalized spacial score (nSPS) is 11.1. The van der Waals surface area contributed by atoms with Crippen LogP contribution in [0.3, 0.4) is 0 Å². The molecule has 0 aromatic carbocycles. The molecule has 3 rings (SSSR count). The number of fused-ring (bicyclic) bond motifs is 1. The zero-order valence-electron chi connectivity index (χ0n) is 11.0. The summed E-state index contributed by atoms with van der Waals surface area (Å²) in [6, 6.07) is 3.53. The first-order valence-electron chi connectivity index (χ1n) is 6.09. The summed E-state index contributed by atoms with van der Waals surface area (Å²) in [5.41, 5.74) is 3.06. The van der Waals surface area contributed by atoms with Crippen LogP contribution in [0.4, 0.5) is 0 Å². The lowest BCUT2D eigenvalue weighted by Gasteiger charge is -2.07. The Labute approximate surface area is 114 Å². The van der Waals surface area contributed by atoms with Crippen LogP contribution in [0.15, 0.2) is 27.3 Å². The van der Waals surface area contributed by atoms with E-state index in [4.69, 9.17) is 14.0 Å². The Bertz CT molecular complexity index is 787. The number of aromatic nitrogens is 2. The molecule has 0 atom stereocenters. The summed E-state index contributed by atoms with van der Waals surface area (Å²) in [7, 11) is 0. The van der Waals surface area contributed by atoms with E-state index in [1.54, 1.807) is 25.3 Å². The molecule has 1 N–H and O–H groups in total. The molecule has 6 heteroatoms. The molecule has 0 aliphatic rings. The number of aliphatic carboxylic acids is 1. The molecule has 0 aliphatic heterocycles. The maximum absolute atomic E-state index is 11.0. The fourth-order valence-electron chi connectivity index (χ4n) is 2.33. The third-order valence-electron chi connectivity index (χ3n) is 3.29. The van der Waals surface area contributed by atoms with Gasteiger partial charge in [0.15, 0.2) is 11.5 Å². The molecule has 102 valence electrons. The number of pyridine rings is 1. The Balaban J connectivity index is 2.28. The smallest absolute Gasteiger partial charge is 0.307 e. The lowest BCUT2D eigenvalue weighted by molar-refractivity contribution is -0.136. The maximum Gasteiger partial charge on any atom is 0.307 e. The van der Waals surface area contributed by atoms with Crippen molar-refractivity contribution in [1.29, 1.82) is 0 Å². The average Bonchev–Trinajstić information content (AvgIpc) is 3.01. The quantitative estimate of drug-likeness (QED) is 0.788. The molecular weight excluding hydrogens is 260 g/mol. The van der Waals surface area contributed by atoms with E-state index in [9.17, 15) is 4.79 Å². The number of furan rings is 1. The van der Waals surface area contributed by atoms with Gasteiger partial charge >= 0.3 is 5.97 Å². The number of carbonyl (C=O) groups is 1. The van der Waals surface area contributed by atoms with Gasteiger partial charge in [0.25, 0.3) is 5.71 Å². The zero-order valence-corrected chi connectivity index (χ0v) is 11.0. The highest BCUT2D eigenvalue weighted by molar-refractivity contribution is 5.92. The van der Waals surface area contributed by atoms with Gasteiger partial charge < -0.3 is 14.0 Å². The van der Waals surface area contributed by atoms with Crippen molar-refractivity contribution in [2.45, 2.75) is 20.3 Å². The second-order valence-electron chi connectivity index (χ2n) is 4.56. The molecule has 0 fully saturated rings. The van der Waals surface area contributed by atoms with Crippen LogP contribution in [0, 0.1) is 13.8 Å². The number of nitrogens with zero attached hydrogens (tertiary/aromatic N) is 2. The minimum Gasteiger partial charge on any atom is -0.481 e. The zero-order chi connectivity index (χ0) is 14.3. The van der Waals surface area contributed by atoms with E-state index in [1.807, 2.05) is 6.92 Å². The first-order valence-corrected chi connectivity index (χ1v) is 6.09. The molecule has 0 radical (unpaired) electrons. The fraction of sp³-hybridized carbons (Fsp3) is 0.214. The SMILES string of the molecule is Cc1nc2onc(-c3ccco3)c2c(C)c1CC(=O)O. The van der Waals surface area contributed by atoms with Gasteiger partial charge in [-0.2, -0.15) is 0 Å². The van der Waals surface area contributed by atoms with Crippen LogP contribution in [0.5, 0.6) is 0 Å². The van der Waals surface area contributed by atoms with Crippen molar-refractivity contribution < 1.29 is 18.8 Å². The lowest BCUT2D eigenvalue weighted by Crippen LogP contribution is -2.06. The van der Waals surface area contributed by atoms with E-state index in [-0.39, 0.29) is 6.42 Å². The van der Waals surface area contributed by atoms with Gasteiger partial charge in [0.2, 0.25) is 0 Å². The van der Waals surface area contributed by atoms with E-state index in [0.29, 0.717) is 33.8 Å². The first-order chi connectivity index (χ1) is 9.58. The molecule has 0 aliphatic carbocycles. The Morgan fingerprint density at radius 1 is 1.40 bits per heavy atom. The van der Waals surface area contributed by atoms with E-state index in [2.05, 4.69) is 10.1 Å². The van der Waals surface area contributed by atoms with Gasteiger partial charge in [0.1, 0.15) is 0 Å². The van der Waals surface area contributed by atoms with Gasteiger partial charge in [-0.05, 0) is 37.1 Å². The van der Waals surface area contributed by atoms with Crippen LogP contribution < -0.4 is 0 Å². The fourth-order valence-corrected chi connectivity index (χ4v) is 2.33. The van der Waals surface area contributed by atoms with E-state index in [1.165, 1.54) is 0 Å². The lowest BCUT2D eigenvalue weighted by atomic mass is 10.0. The van der Waals surface area contributed by atoms with Gasteiger partial charge in [-0.15, -0.1) is 0 Å². The number of aryl methyl sites for hydroxylation is 2. The Morgan fingerprint density at radius 3 is 2.85 bits per heavy atom. The number of carboxylic acids is 1. The Hall–Kier alpha value is -2.63. The summed E-state index contributed by atoms with van der Waals surface area (Å²) < 4.78 is 10.6. The number of rotatable bonds is 3. The van der Waals surface area contributed by atoms with Gasteiger partial charge in [0.05, 0.1) is 18.1 Å². The van der Waals surface area contributed by atoms with Crippen LogP contribution >= 0.6 is 0 Å². The summed E-state index contributed by atoms with van der Waals surface area (Å²) in [6.45, 7) is 3.61. The van der Waals surface area contributed by atoms with Gasteiger partial charge in [-0.25, -0.2) is 4.98 Å². The molecule has 0 saturated carbocycles. The van der Waals surface area contributed by atoms with E-state index < -0.39 is 5.97 Å². The number of hydrogen-bond acceptors (Lipinski definition) is 5. The summed E-state index contributed by atoms with van der Waals surface area (Å²) in [5.74, 6) is -0.327. The largest absolute Gasteiger partial charge is 0.481 e. The van der Waals surface area contributed by atoms with Crippen LogP contribution in [0.1, 0.15) is 16.8 Å². The number of hydrogen-bond donors (Lipinski definition) is 1. The molecule has 3 aromatic heterocycles. The van der Waals surface area contributed by atoms with Crippen LogP contribution in [-0.2, 0) is 11.2 Å².